The van der Waals surface area contributed by atoms with E-state index in [-0.39, 0.29) is 42.5 Å². The summed E-state index contributed by atoms with van der Waals surface area (Å²) in [5, 5.41) is 9.38. The van der Waals surface area contributed by atoms with E-state index in [4.69, 9.17) is 4.52 Å². The Morgan fingerprint density at radius 3 is 2.84 bits per heavy atom. The van der Waals surface area contributed by atoms with E-state index in [0.717, 1.165) is 11.1 Å². The summed E-state index contributed by atoms with van der Waals surface area (Å²) in [4.78, 5) is 30.4. The highest BCUT2D eigenvalue weighted by Crippen LogP contribution is 2.27. The second kappa shape index (κ2) is 8.95. The number of nitrogens with one attached hydrogen (secondary N) is 2. The van der Waals surface area contributed by atoms with Gasteiger partial charge >= 0.3 is 6.03 Å². The van der Waals surface area contributed by atoms with Crippen LogP contribution in [0.4, 0.5) is 14.9 Å². The highest BCUT2D eigenvalue weighted by molar-refractivity contribution is 5.89. The summed E-state index contributed by atoms with van der Waals surface area (Å²) in [6, 6.07) is 13.2. The highest BCUT2D eigenvalue weighted by atomic mass is 19.1. The molecule has 2 aromatic carbocycles. The largest absolute Gasteiger partial charge is 0.338 e. The smallest absolute Gasteiger partial charge is 0.319 e. The minimum absolute atomic E-state index is 0.0173. The molecule has 31 heavy (non-hydrogen) atoms. The lowest BCUT2D eigenvalue weighted by Gasteiger charge is -2.16. The first kappa shape index (κ1) is 20.5. The minimum Gasteiger partial charge on any atom is -0.338 e. The van der Waals surface area contributed by atoms with Crippen LogP contribution in [-0.4, -0.2) is 33.5 Å². The van der Waals surface area contributed by atoms with Crippen molar-refractivity contribution in [2.24, 2.45) is 0 Å². The van der Waals surface area contributed by atoms with Crippen LogP contribution in [0.25, 0.3) is 0 Å². The Labute approximate surface area is 178 Å². The molecule has 1 saturated heterocycles. The molecule has 0 spiro atoms. The Balaban J connectivity index is 1.29. The van der Waals surface area contributed by atoms with Crippen LogP contribution in [0, 0.1) is 12.7 Å². The van der Waals surface area contributed by atoms with Crippen LogP contribution in [-0.2, 0) is 17.9 Å². The van der Waals surface area contributed by atoms with E-state index in [9.17, 15) is 14.0 Å². The van der Waals surface area contributed by atoms with Crippen molar-refractivity contribution in [3.8, 4) is 0 Å². The van der Waals surface area contributed by atoms with E-state index in [1.807, 2.05) is 25.1 Å². The van der Waals surface area contributed by atoms with Gasteiger partial charge in [0.2, 0.25) is 11.8 Å². The molecule has 2 heterocycles. The van der Waals surface area contributed by atoms with Crippen LogP contribution >= 0.6 is 0 Å². The number of nitrogens with zero attached hydrogens (tertiary/aromatic N) is 3. The maximum absolute atomic E-state index is 13.1. The molecule has 1 atom stereocenters. The summed E-state index contributed by atoms with van der Waals surface area (Å²) < 4.78 is 18.3. The van der Waals surface area contributed by atoms with E-state index in [2.05, 4.69) is 20.8 Å². The monoisotopic (exact) mass is 423 g/mol. The zero-order valence-corrected chi connectivity index (χ0v) is 17.0. The predicted molar refractivity (Wildman–Crippen MR) is 111 cm³/mol. The van der Waals surface area contributed by atoms with Crippen LogP contribution in [0.1, 0.15) is 35.2 Å². The number of anilines is 1. The Morgan fingerprint density at radius 1 is 1.26 bits per heavy atom. The summed E-state index contributed by atoms with van der Waals surface area (Å²) >= 11 is 0. The molecule has 1 aromatic heterocycles. The van der Waals surface area contributed by atoms with Crippen molar-refractivity contribution in [3.05, 3.63) is 77.2 Å². The summed E-state index contributed by atoms with van der Waals surface area (Å²) in [5.74, 6) is 0.183. The minimum atomic E-state index is -0.383. The molecule has 4 rings (SSSR count). The van der Waals surface area contributed by atoms with E-state index in [1.54, 1.807) is 23.1 Å². The number of hydrogen-bond donors (Lipinski definition) is 2. The topological polar surface area (TPSA) is 100 Å². The number of carbonyl (C=O) groups excluding carboxylic acids is 2. The standard InChI is InChI=1S/C22H22FN5O3/c1-14-3-2-4-18(9-14)25-22(30)24-11-19-26-21(27-31-19)16-10-20(29)28(13-16)12-15-5-7-17(23)8-6-15/h2-9,16H,10-13H2,1H3,(H2,24,25,30). The zero-order chi connectivity index (χ0) is 21.8. The summed E-state index contributed by atoms with van der Waals surface area (Å²) in [5.41, 5.74) is 2.58. The number of hydrogen-bond acceptors (Lipinski definition) is 5. The fraction of sp³-hybridized carbons (Fsp3) is 0.273. The van der Waals surface area contributed by atoms with E-state index < -0.39 is 0 Å². The van der Waals surface area contributed by atoms with Gasteiger partial charge in [0.1, 0.15) is 5.82 Å². The van der Waals surface area contributed by atoms with Crippen LogP contribution in [0.3, 0.4) is 0 Å². The van der Waals surface area contributed by atoms with Crippen molar-refractivity contribution < 1.29 is 18.5 Å². The van der Waals surface area contributed by atoms with Gasteiger partial charge in [0.15, 0.2) is 5.82 Å². The molecule has 1 aliphatic heterocycles. The van der Waals surface area contributed by atoms with E-state index in [0.29, 0.717) is 24.6 Å². The Bertz CT molecular complexity index is 1080. The number of amides is 3. The van der Waals surface area contributed by atoms with Gasteiger partial charge < -0.3 is 20.1 Å². The molecule has 0 radical (unpaired) electrons. The van der Waals surface area contributed by atoms with Gasteiger partial charge in [-0.2, -0.15) is 4.98 Å². The number of likely N-dealkylation sites (tertiary alicyclic amines) is 1. The van der Waals surface area contributed by atoms with Crippen molar-refractivity contribution in [2.45, 2.75) is 32.4 Å². The Kier molecular flexibility index (Phi) is 5.92. The lowest BCUT2D eigenvalue weighted by Crippen LogP contribution is -2.28. The summed E-state index contributed by atoms with van der Waals surface area (Å²) in [6.45, 7) is 2.87. The lowest BCUT2D eigenvalue weighted by atomic mass is 10.1. The van der Waals surface area contributed by atoms with Gasteiger partial charge in [-0.05, 0) is 42.3 Å². The van der Waals surface area contributed by atoms with Crippen LogP contribution in [0.15, 0.2) is 53.1 Å². The number of aromatic nitrogens is 2. The maximum atomic E-state index is 13.1. The SMILES string of the molecule is Cc1cccc(NC(=O)NCc2nc(C3CC(=O)N(Cc4ccc(F)cc4)C3)no2)c1. The van der Waals surface area contributed by atoms with Gasteiger partial charge in [0.05, 0.1) is 6.54 Å². The van der Waals surface area contributed by atoms with Crippen molar-refractivity contribution in [2.75, 3.05) is 11.9 Å². The molecule has 3 aromatic rings. The van der Waals surface area contributed by atoms with Crippen molar-refractivity contribution in [1.29, 1.82) is 0 Å². The number of urea groups is 1. The summed E-state index contributed by atoms with van der Waals surface area (Å²) in [7, 11) is 0. The highest BCUT2D eigenvalue weighted by Gasteiger charge is 2.33. The molecule has 1 unspecified atom stereocenters. The van der Waals surface area contributed by atoms with E-state index >= 15 is 0 Å². The molecule has 1 fully saturated rings. The molecular formula is C22H22FN5O3. The molecule has 160 valence electrons. The van der Waals surface area contributed by atoms with E-state index in [1.165, 1.54) is 12.1 Å². The quantitative estimate of drug-likeness (QED) is 0.633. The predicted octanol–water partition coefficient (Wildman–Crippen LogP) is 3.35. The van der Waals surface area contributed by atoms with Crippen LogP contribution < -0.4 is 10.6 Å². The van der Waals surface area contributed by atoms with Gasteiger partial charge in [0, 0.05) is 31.1 Å². The average molecular weight is 423 g/mol. The molecule has 9 heteroatoms. The Morgan fingerprint density at radius 2 is 2.06 bits per heavy atom. The lowest BCUT2D eigenvalue weighted by molar-refractivity contribution is -0.128. The first-order valence-electron chi connectivity index (χ1n) is 9.92. The molecular weight excluding hydrogens is 401 g/mol. The molecule has 3 amide bonds. The first-order chi connectivity index (χ1) is 15.0. The number of halogens is 1. The van der Waals surface area contributed by atoms with Crippen molar-refractivity contribution in [3.63, 3.8) is 0 Å². The second-order valence-corrected chi connectivity index (χ2v) is 7.53. The fourth-order valence-corrected chi connectivity index (χ4v) is 3.47. The molecule has 0 bridgehead atoms. The zero-order valence-electron chi connectivity index (χ0n) is 17.0. The van der Waals surface area contributed by atoms with Gasteiger partial charge in [-0.1, -0.05) is 29.4 Å². The summed E-state index contributed by atoms with van der Waals surface area (Å²) in [6.07, 6.45) is 0.279. The number of rotatable bonds is 6. The number of carbonyl (C=O) groups is 2. The average Bonchev–Trinajstić information content (AvgIpc) is 3.35. The number of benzene rings is 2. The molecule has 0 saturated carbocycles. The Hall–Kier alpha value is -3.75. The van der Waals surface area contributed by atoms with Crippen LogP contribution in [0.2, 0.25) is 0 Å². The van der Waals surface area contributed by atoms with Crippen molar-refractivity contribution >= 4 is 17.6 Å². The third-order valence-electron chi connectivity index (χ3n) is 5.03. The van der Waals surface area contributed by atoms with Crippen molar-refractivity contribution in [1.82, 2.24) is 20.4 Å². The molecule has 8 nitrogen and oxygen atoms in total. The molecule has 2 N–H and O–H groups in total. The fourth-order valence-electron chi connectivity index (χ4n) is 3.47. The van der Waals surface area contributed by atoms with Gasteiger partial charge in [0.25, 0.3) is 0 Å². The van der Waals surface area contributed by atoms with Crippen LogP contribution in [0.5, 0.6) is 0 Å². The first-order valence-corrected chi connectivity index (χ1v) is 9.92. The van der Waals surface area contributed by atoms with Gasteiger partial charge in [-0.25, -0.2) is 9.18 Å². The van der Waals surface area contributed by atoms with Gasteiger partial charge in [-0.15, -0.1) is 0 Å². The van der Waals surface area contributed by atoms with Gasteiger partial charge in [-0.3, -0.25) is 4.79 Å². The third kappa shape index (κ3) is 5.25. The molecule has 0 aliphatic carbocycles. The second-order valence-electron chi connectivity index (χ2n) is 7.53. The normalized spacial score (nSPS) is 15.9. The maximum Gasteiger partial charge on any atom is 0.319 e. The number of aryl methyl sites for hydroxylation is 1. The third-order valence-corrected chi connectivity index (χ3v) is 5.03. The molecule has 1 aliphatic rings.